The highest BCUT2D eigenvalue weighted by Crippen LogP contribution is 2.47. The maximum absolute atomic E-state index is 4.91. The second kappa shape index (κ2) is 16.7. The van der Waals surface area contributed by atoms with Crippen LogP contribution in [0.2, 0.25) is 0 Å². The molecule has 0 saturated carbocycles. The molecule has 0 aliphatic carbocycles. The Morgan fingerprint density at radius 3 is 1.61 bits per heavy atom. The van der Waals surface area contributed by atoms with E-state index in [1.54, 1.807) is 0 Å². The van der Waals surface area contributed by atoms with Crippen molar-refractivity contribution in [3.05, 3.63) is 251 Å². The van der Waals surface area contributed by atoms with Crippen molar-refractivity contribution in [2.24, 2.45) is 0 Å². The van der Waals surface area contributed by atoms with Gasteiger partial charge >= 0.3 is 0 Å². The predicted molar refractivity (Wildman–Crippen MR) is 281 cm³/mol. The summed E-state index contributed by atoms with van der Waals surface area (Å²) >= 11 is 3.68. The van der Waals surface area contributed by atoms with Crippen LogP contribution in [0.5, 0.6) is 0 Å². The Labute approximate surface area is 393 Å². The summed E-state index contributed by atoms with van der Waals surface area (Å²) in [4.78, 5) is 14.9. The molecule has 1 aliphatic heterocycles. The van der Waals surface area contributed by atoms with Crippen molar-refractivity contribution in [2.75, 3.05) is 16.5 Å². The van der Waals surface area contributed by atoms with Crippen LogP contribution in [0.4, 0.5) is 22.7 Å². The summed E-state index contributed by atoms with van der Waals surface area (Å²) in [6, 6.07) is 77.8. The fraction of sp³-hybridized carbons (Fsp3) is 0.0500. The number of hydrogen-bond donors (Lipinski definition) is 0. The van der Waals surface area contributed by atoms with E-state index in [-0.39, 0.29) is 0 Å². The summed E-state index contributed by atoms with van der Waals surface area (Å²) in [6.45, 7) is 5.06. The number of aromatic nitrogens is 2. The number of thiophene rings is 2. The Balaban J connectivity index is 1.15. The van der Waals surface area contributed by atoms with Gasteiger partial charge in [0, 0.05) is 47.9 Å². The number of rotatable bonds is 9. The molecule has 0 unspecified atom stereocenters. The van der Waals surface area contributed by atoms with E-state index in [1.807, 2.05) is 34.9 Å². The van der Waals surface area contributed by atoms with E-state index < -0.39 is 0 Å². The SMILES string of the molecule is Cc1ccc(-c2cccc(C(=C(c3cccc(N4CN(c5ccccc5)c5ccccc54)c3)c3ccc4c5ccccc5n(-c5ccccn5)c4c3)c3cccc(-c4ccc(C)s4)c3)c2)s1. The summed E-state index contributed by atoms with van der Waals surface area (Å²) in [5.41, 5.74) is 16.2. The van der Waals surface area contributed by atoms with Crippen molar-refractivity contribution in [3.8, 4) is 26.7 Å². The molecule has 5 heterocycles. The van der Waals surface area contributed by atoms with Gasteiger partial charge in [-0.2, -0.15) is 0 Å². The fourth-order valence-corrected chi connectivity index (χ4v) is 11.4. The number of benzene rings is 7. The zero-order valence-corrected chi connectivity index (χ0v) is 38.2. The van der Waals surface area contributed by atoms with Gasteiger partial charge in [-0.1, -0.05) is 115 Å². The normalized spacial score (nSPS) is 12.3. The Morgan fingerprint density at radius 2 is 0.970 bits per heavy atom. The molecule has 11 aromatic rings. The summed E-state index contributed by atoms with van der Waals surface area (Å²) in [5.74, 6) is 0.891. The van der Waals surface area contributed by atoms with Crippen LogP contribution < -0.4 is 9.80 Å². The lowest BCUT2D eigenvalue weighted by molar-refractivity contribution is 0.991. The number of anilines is 4. The second-order valence-corrected chi connectivity index (χ2v) is 19.5. The third-order valence-electron chi connectivity index (χ3n) is 12.7. The van der Waals surface area contributed by atoms with Crippen LogP contribution in [0.25, 0.3) is 59.7 Å². The highest BCUT2D eigenvalue weighted by atomic mass is 32.1. The molecule has 6 heteroatoms. The quantitative estimate of drug-likeness (QED) is 0.135. The Morgan fingerprint density at radius 1 is 0.424 bits per heavy atom. The Kier molecular flexibility index (Phi) is 10.0. The van der Waals surface area contributed by atoms with Crippen LogP contribution in [0.1, 0.15) is 32.0 Å². The third kappa shape index (κ3) is 7.12. The molecule has 12 rings (SSSR count). The fourth-order valence-electron chi connectivity index (χ4n) is 9.70. The van der Waals surface area contributed by atoms with Crippen LogP contribution in [-0.2, 0) is 0 Å². The number of hydrogen-bond acceptors (Lipinski definition) is 5. The number of nitrogens with zero attached hydrogens (tertiary/aromatic N) is 4. The van der Waals surface area contributed by atoms with Gasteiger partial charge in [0.1, 0.15) is 12.5 Å². The maximum Gasteiger partial charge on any atom is 0.137 e. The summed E-state index contributed by atoms with van der Waals surface area (Å²) in [6.07, 6.45) is 1.88. The molecule has 316 valence electrons. The Bertz CT molecular complexity index is 3530. The summed E-state index contributed by atoms with van der Waals surface area (Å²) in [5, 5.41) is 2.39. The second-order valence-electron chi connectivity index (χ2n) is 16.9. The van der Waals surface area contributed by atoms with E-state index in [4.69, 9.17) is 4.98 Å². The molecular formula is C60H44N4S2. The van der Waals surface area contributed by atoms with Crippen LogP contribution >= 0.6 is 22.7 Å². The molecule has 0 bridgehead atoms. The first kappa shape index (κ1) is 39.8. The topological polar surface area (TPSA) is 24.3 Å². The van der Waals surface area contributed by atoms with Gasteiger partial charge in [0.15, 0.2) is 0 Å². The molecule has 0 amide bonds. The molecule has 66 heavy (non-hydrogen) atoms. The van der Waals surface area contributed by atoms with Gasteiger partial charge in [0.2, 0.25) is 0 Å². The molecule has 0 spiro atoms. The number of fused-ring (bicyclic) bond motifs is 4. The molecule has 0 atom stereocenters. The minimum atomic E-state index is 0.694. The van der Waals surface area contributed by atoms with Gasteiger partial charge in [-0.25, -0.2) is 4.98 Å². The smallest absolute Gasteiger partial charge is 0.137 e. The monoisotopic (exact) mass is 884 g/mol. The van der Waals surface area contributed by atoms with Crippen molar-refractivity contribution in [1.29, 1.82) is 0 Å². The van der Waals surface area contributed by atoms with Gasteiger partial charge < -0.3 is 9.80 Å². The van der Waals surface area contributed by atoms with Gasteiger partial charge in [0.05, 0.1) is 22.4 Å². The van der Waals surface area contributed by atoms with Crippen molar-refractivity contribution < 1.29 is 0 Å². The first-order valence-electron chi connectivity index (χ1n) is 22.4. The molecule has 4 aromatic heterocycles. The molecule has 1 aliphatic rings. The predicted octanol–water partition coefficient (Wildman–Crippen LogP) is 16.5. The van der Waals surface area contributed by atoms with Gasteiger partial charge in [-0.15, -0.1) is 22.7 Å². The Hall–Kier alpha value is -7.77. The van der Waals surface area contributed by atoms with Crippen LogP contribution in [0.15, 0.2) is 219 Å². The molecular weight excluding hydrogens is 841 g/mol. The van der Waals surface area contributed by atoms with E-state index in [1.165, 1.54) is 64.0 Å². The van der Waals surface area contributed by atoms with Crippen LogP contribution in [0, 0.1) is 13.8 Å². The zero-order chi connectivity index (χ0) is 44.1. The maximum atomic E-state index is 4.91. The van der Waals surface area contributed by atoms with E-state index in [0.717, 1.165) is 50.4 Å². The van der Waals surface area contributed by atoms with Crippen molar-refractivity contribution >= 4 is 78.4 Å². The van der Waals surface area contributed by atoms with E-state index in [0.29, 0.717) is 6.67 Å². The molecule has 0 saturated heterocycles. The lowest BCUT2D eigenvalue weighted by Gasteiger charge is -2.24. The van der Waals surface area contributed by atoms with E-state index in [2.05, 4.69) is 234 Å². The zero-order valence-electron chi connectivity index (χ0n) is 36.6. The van der Waals surface area contributed by atoms with Crippen molar-refractivity contribution in [2.45, 2.75) is 13.8 Å². The van der Waals surface area contributed by atoms with Gasteiger partial charge in [-0.3, -0.25) is 4.57 Å². The van der Waals surface area contributed by atoms with E-state index in [9.17, 15) is 0 Å². The average molecular weight is 885 g/mol. The average Bonchev–Trinajstić information content (AvgIpc) is 4.18. The largest absolute Gasteiger partial charge is 0.321 e. The summed E-state index contributed by atoms with van der Waals surface area (Å²) in [7, 11) is 0. The highest BCUT2D eigenvalue weighted by molar-refractivity contribution is 7.15. The first-order chi connectivity index (χ1) is 32.5. The van der Waals surface area contributed by atoms with Gasteiger partial charge in [-0.05, 0) is 155 Å². The molecule has 0 N–H and O–H groups in total. The van der Waals surface area contributed by atoms with Crippen LogP contribution in [0.3, 0.4) is 0 Å². The van der Waals surface area contributed by atoms with E-state index >= 15 is 0 Å². The minimum absolute atomic E-state index is 0.694. The number of para-hydroxylation sites is 4. The molecule has 7 aromatic carbocycles. The third-order valence-corrected chi connectivity index (χ3v) is 14.8. The summed E-state index contributed by atoms with van der Waals surface area (Å²) < 4.78 is 2.32. The number of pyridine rings is 1. The molecule has 4 nitrogen and oxygen atoms in total. The first-order valence-corrected chi connectivity index (χ1v) is 24.0. The minimum Gasteiger partial charge on any atom is -0.321 e. The van der Waals surface area contributed by atoms with Gasteiger partial charge in [0.25, 0.3) is 0 Å². The lowest BCUT2D eigenvalue weighted by Crippen LogP contribution is -2.23. The molecule has 0 radical (unpaired) electrons. The van der Waals surface area contributed by atoms with Crippen LogP contribution in [-0.4, -0.2) is 16.2 Å². The standard InChI is InChI=1S/C60H44N4S2/c1-40-28-32-56(65-40)42-15-12-17-44(35-42)59(45-18-13-16-43(36-45)57-33-29-41(2)66-57)60(47-30-31-51-50-23-6-7-24-52(50)64(55(51)38-47)58-27-10-11-34-61-58)46-19-14-22-49(37-46)63-39-62(48-20-4-3-5-21-48)53-25-8-9-26-54(53)63/h3-38H,39H2,1-2H3. The van der Waals surface area contributed by atoms with Crippen molar-refractivity contribution in [3.63, 3.8) is 0 Å². The highest BCUT2D eigenvalue weighted by Gasteiger charge is 2.29. The molecule has 0 fully saturated rings. The number of aryl methyl sites for hydroxylation is 2. The van der Waals surface area contributed by atoms with Crippen molar-refractivity contribution in [1.82, 2.24) is 9.55 Å². The lowest BCUT2D eigenvalue weighted by atomic mass is 9.84.